The standard InChI is InChI=1S/C20H23F3N6O3S.C17H21N5O2S.C4H6F3NO.ClH/c1-28-11-13(9-25-28)26-19-24-10-16(33(2,31)32)18(27-19)12-7-14-3-4-15(8-12)29(14)17(30)5-6-20(21,22)23;1-22-10-14(8-19-22)20-17-18-9-15(25(2,23)24)16(21-17)13-6-11-3-4-12(5-11)7-13;1-3(9)8-2-4(5,6)7;/h7,9-11,14-15H,3-6,8H2,1-2H3,(H,24,26,27);6,8-12H,3-5,7H2,1-2H3,(H,18,20,21);2H2,1H3,(H,8,9);1H. The maximum Gasteiger partial charge on any atom is 0.405 e. The first-order chi connectivity index (χ1) is 31.2. The number of amides is 2. The Hall–Kier alpha value is -5.63. The van der Waals surface area contributed by atoms with Gasteiger partial charge in [0.25, 0.3) is 0 Å². The van der Waals surface area contributed by atoms with Gasteiger partial charge in [-0.1, -0.05) is 12.2 Å². The number of halogens is 7. The van der Waals surface area contributed by atoms with Gasteiger partial charge in [-0.2, -0.15) is 36.5 Å². The molecule has 4 bridgehead atoms. The highest BCUT2D eigenvalue weighted by Crippen LogP contribution is 2.45. The second kappa shape index (κ2) is 21.3. The summed E-state index contributed by atoms with van der Waals surface area (Å²) in [7, 11) is -3.48. The molecular formula is C41H51ClF6N12O6S2. The SMILES string of the molecule is CC(=O)NCC(F)(F)F.Cl.Cn1cc(Nc2ncc(S(C)(=O)=O)c(C3=CC4CCC(C3)C4)n2)cn1.Cn1cc(Nc2ncc(S(C)(=O)=O)c(C3=CC4CCC(C3)N4C(=O)CCC(F)(F)F)n2)cn1. The fraction of sp³-hybridized carbons (Fsp3) is 0.512. The molecule has 372 valence electrons. The molecule has 27 heteroatoms. The summed E-state index contributed by atoms with van der Waals surface area (Å²) in [4.78, 5) is 41.3. The first kappa shape index (κ1) is 53.3. The number of hydrogen-bond donors (Lipinski definition) is 3. The monoisotopic (exact) mass is 1020 g/mol. The zero-order valence-electron chi connectivity index (χ0n) is 37.5. The lowest BCUT2D eigenvalue weighted by Crippen LogP contribution is -2.43. The number of carbonyl (C=O) groups excluding carboxylic acids is 2. The summed E-state index contributed by atoms with van der Waals surface area (Å²) >= 11 is 0. The first-order valence-electron chi connectivity index (χ1n) is 21.0. The summed E-state index contributed by atoms with van der Waals surface area (Å²) in [6, 6.07) is -0.690. The summed E-state index contributed by atoms with van der Waals surface area (Å²) in [6.45, 7) is -0.214. The number of sulfone groups is 2. The van der Waals surface area contributed by atoms with Crippen LogP contribution >= 0.6 is 12.4 Å². The molecule has 2 fully saturated rings. The maximum absolute atomic E-state index is 12.6. The molecule has 4 aromatic heterocycles. The number of allylic oxidation sites excluding steroid dienone is 2. The number of carbonyl (C=O) groups is 2. The van der Waals surface area contributed by atoms with Crippen LogP contribution in [0.15, 0.2) is 59.1 Å². The number of alkyl halides is 6. The highest BCUT2D eigenvalue weighted by atomic mass is 35.5. The molecule has 18 nitrogen and oxygen atoms in total. The molecular weight excluding hydrogens is 970 g/mol. The van der Waals surface area contributed by atoms with E-state index in [0.29, 0.717) is 54.0 Å². The third-order valence-corrected chi connectivity index (χ3v) is 13.4. The van der Waals surface area contributed by atoms with Crippen molar-refractivity contribution in [2.45, 2.75) is 98.9 Å². The van der Waals surface area contributed by atoms with Crippen molar-refractivity contribution in [3.8, 4) is 0 Å². The van der Waals surface area contributed by atoms with E-state index in [2.05, 4.69) is 46.8 Å². The Bertz CT molecular complexity index is 2760. The highest BCUT2D eigenvalue weighted by molar-refractivity contribution is 7.91. The fourth-order valence-corrected chi connectivity index (χ4v) is 9.93. The first-order valence-corrected chi connectivity index (χ1v) is 24.8. The predicted molar refractivity (Wildman–Crippen MR) is 240 cm³/mol. The Balaban J connectivity index is 0.000000218. The smallest absolute Gasteiger partial charge is 0.347 e. The zero-order valence-corrected chi connectivity index (χ0v) is 39.9. The Morgan fingerprint density at radius 1 is 0.735 bits per heavy atom. The molecule has 0 radical (unpaired) electrons. The molecule has 1 saturated carbocycles. The Labute approximate surface area is 394 Å². The molecule has 0 spiro atoms. The average Bonchev–Trinajstić information content (AvgIpc) is 3.99. The number of nitrogens with one attached hydrogen (secondary N) is 3. The van der Waals surface area contributed by atoms with Crippen LogP contribution in [0.1, 0.15) is 76.1 Å². The van der Waals surface area contributed by atoms with Crippen molar-refractivity contribution < 1.29 is 52.8 Å². The summed E-state index contributed by atoms with van der Waals surface area (Å²) in [5, 5.41) is 15.8. The van der Waals surface area contributed by atoms with Crippen molar-refractivity contribution in [3.63, 3.8) is 0 Å². The minimum Gasteiger partial charge on any atom is -0.347 e. The molecule has 4 aliphatic rings. The lowest BCUT2D eigenvalue weighted by molar-refractivity contribution is -0.150. The van der Waals surface area contributed by atoms with Gasteiger partial charge in [-0.05, 0) is 67.9 Å². The minimum atomic E-state index is -4.39. The van der Waals surface area contributed by atoms with Gasteiger partial charge >= 0.3 is 12.4 Å². The largest absolute Gasteiger partial charge is 0.405 e. The summed E-state index contributed by atoms with van der Waals surface area (Å²) < 4.78 is 124. The van der Waals surface area contributed by atoms with Crippen molar-refractivity contribution >= 4 is 78.3 Å². The van der Waals surface area contributed by atoms with Crippen molar-refractivity contribution in [2.75, 3.05) is 29.7 Å². The van der Waals surface area contributed by atoms with Gasteiger partial charge < -0.3 is 20.9 Å². The molecule has 2 amide bonds. The molecule has 4 atom stereocenters. The molecule has 3 N–H and O–H groups in total. The van der Waals surface area contributed by atoms with Crippen molar-refractivity contribution in [1.82, 2.24) is 49.7 Å². The van der Waals surface area contributed by atoms with Gasteiger partial charge in [0.1, 0.15) is 16.3 Å². The number of hydrogen-bond acceptors (Lipinski definition) is 14. The number of aromatic nitrogens is 8. The molecule has 4 unspecified atom stereocenters. The number of aryl methyl sites for hydroxylation is 2. The van der Waals surface area contributed by atoms with Gasteiger partial charge in [0.2, 0.25) is 23.7 Å². The van der Waals surface area contributed by atoms with E-state index in [1.165, 1.54) is 42.8 Å². The van der Waals surface area contributed by atoms with Gasteiger partial charge in [0.15, 0.2) is 19.7 Å². The number of nitrogens with zero attached hydrogens (tertiary/aromatic N) is 9. The quantitative estimate of drug-likeness (QED) is 0.136. The van der Waals surface area contributed by atoms with Gasteiger partial charge in [-0.3, -0.25) is 19.0 Å². The fourth-order valence-electron chi connectivity index (χ4n) is 8.38. The molecule has 6 heterocycles. The van der Waals surface area contributed by atoms with E-state index in [4.69, 9.17) is 0 Å². The van der Waals surface area contributed by atoms with E-state index in [0.717, 1.165) is 30.9 Å². The van der Waals surface area contributed by atoms with E-state index >= 15 is 0 Å². The highest BCUT2D eigenvalue weighted by Gasteiger charge is 2.42. The van der Waals surface area contributed by atoms with Crippen molar-refractivity contribution in [3.05, 3.63) is 60.7 Å². The zero-order chi connectivity index (χ0) is 49.1. The van der Waals surface area contributed by atoms with Crippen LogP contribution in [0.5, 0.6) is 0 Å². The predicted octanol–water partition coefficient (Wildman–Crippen LogP) is 6.51. The molecule has 2 aliphatic carbocycles. The Morgan fingerprint density at radius 2 is 1.26 bits per heavy atom. The van der Waals surface area contributed by atoms with Crippen LogP contribution in [0.25, 0.3) is 11.1 Å². The van der Waals surface area contributed by atoms with Gasteiger partial charge in [-0.15, -0.1) is 12.4 Å². The normalized spacial score (nSPS) is 19.8. The minimum absolute atomic E-state index is 0. The average molecular weight is 1020 g/mol. The van der Waals surface area contributed by atoms with Gasteiger partial charge in [0, 0.05) is 58.4 Å². The van der Waals surface area contributed by atoms with Gasteiger partial charge in [0.05, 0.1) is 60.0 Å². The molecule has 2 aliphatic heterocycles. The molecule has 4 aromatic rings. The lowest BCUT2D eigenvalue weighted by Gasteiger charge is -2.34. The molecule has 8 rings (SSSR count). The topological polar surface area (TPSA) is 229 Å². The van der Waals surface area contributed by atoms with E-state index in [1.54, 1.807) is 46.4 Å². The van der Waals surface area contributed by atoms with Crippen molar-refractivity contribution in [1.29, 1.82) is 0 Å². The second-order valence-electron chi connectivity index (χ2n) is 16.9. The van der Waals surface area contributed by atoms with Gasteiger partial charge in [-0.25, -0.2) is 36.8 Å². The Kier molecular flexibility index (Phi) is 16.7. The van der Waals surface area contributed by atoms with E-state index < -0.39 is 69.3 Å². The van der Waals surface area contributed by atoms with E-state index in [-0.39, 0.29) is 39.9 Å². The van der Waals surface area contributed by atoms with Crippen LogP contribution in [-0.4, -0.2) is 117 Å². The van der Waals surface area contributed by atoms with Crippen LogP contribution < -0.4 is 16.0 Å². The molecule has 1 saturated heterocycles. The number of anilines is 4. The third kappa shape index (κ3) is 14.7. The molecule has 68 heavy (non-hydrogen) atoms. The summed E-state index contributed by atoms with van der Waals surface area (Å²) in [5.41, 5.74) is 3.84. The molecule has 0 aromatic carbocycles. The van der Waals surface area contributed by atoms with Crippen LogP contribution in [0, 0.1) is 11.8 Å². The maximum atomic E-state index is 12.6. The Morgan fingerprint density at radius 3 is 1.68 bits per heavy atom. The second-order valence-corrected chi connectivity index (χ2v) is 20.9. The van der Waals surface area contributed by atoms with E-state index in [1.807, 2.05) is 13.2 Å². The van der Waals surface area contributed by atoms with Crippen LogP contribution in [-0.2, 0) is 43.4 Å². The number of fused-ring (bicyclic) bond motifs is 4. The number of rotatable bonds is 11. The summed E-state index contributed by atoms with van der Waals surface area (Å²) in [5.74, 6) is 0.539. The van der Waals surface area contributed by atoms with E-state index in [9.17, 15) is 52.8 Å². The third-order valence-electron chi connectivity index (χ3n) is 11.2. The van der Waals surface area contributed by atoms with Crippen molar-refractivity contribution in [2.24, 2.45) is 25.9 Å². The van der Waals surface area contributed by atoms with Crippen LogP contribution in [0.3, 0.4) is 0 Å². The summed E-state index contributed by atoms with van der Waals surface area (Å²) in [6.07, 6.45) is 11.2. The van der Waals surface area contributed by atoms with Crippen LogP contribution in [0.2, 0.25) is 0 Å². The lowest BCUT2D eigenvalue weighted by atomic mass is 9.88. The van der Waals surface area contributed by atoms with Crippen LogP contribution in [0.4, 0.5) is 49.6 Å².